The second-order valence-corrected chi connectivity index (χ2v) is 4.07. The van der Waals surface area contributed by atoms with Crippen molar-refractivity contribution in [3.8, 4) is 11.3 Å². The molecule has 0 aromatic carbocycles. The molecule has 9 nitrogen and oxygen atoms in total. The van der Waals surface area contributed by atoms with Crippen molar-refractivity contribution in [2.75, 3.05) is 19.5 Å². The molecule has 0 unspecified atom stereocenters. The third kappa shape index (κ3) is 3.52. The molecule has 0 fully saturated rings. The number of methoxy groups -OCH3 is 2. The van der Waals surface area contributed by atoms with E-state index in [1.807, 2.05) is 0 Å². The number of hydrogen-bond acceptors (Lipinski definition) is 6. The fourth-order valence-electron chi connectivity index (χ4n) is 1.87. The van der Waals surface area contributed by atoms with Crippen molar-refractivity contribution in [1.82, 2.24) is 20.2 Å². The Kier molecular flexibility index (Phi) is 4.80. The number of nitrogens with one attached hydrogen (secondary N) is 2. The number of aromatic amines is 1. The van der Waals surface area contributed by atoms with Gasteiger partial charge in [-0.25, -0.2) is 14.8 Å². The average Bonchev–Trinajstić information content (AvgIpc) is 2.99. The van der Waals surface area contributed by atoms with Crippen LogP contribution in [0.15, 0.2) is 18.7 Å². The van der Waals surface area contributed by atoms with E-state index in [0.717, 1.165) is 0 Å². The van der Waals surface area contributed by atoms with Crippen molar-refractivity contribution in [3.63, 3.8) is 0 Å². The van der Waals surface area contributed by atoms with Gasteiger partial charge in [0.2, 0.25) is 0 Å². The van der Waals surface area contributed by atoms with E-state index in [4.69, 9.17) is 14.6 Å². The lowest BCUT2D eigenvalue weighted by Gasteiger charge is -2.17. The highest BCUT2D eigenvalue weighted by Gasteiger charge is 2.19. The Morgan fingerprint density at radius 2 is 2.19 bits per heavy atom. The molecule has 2 aromatic heterocycles. The normalized spacial score (nSPS) is 10.8. The van der Waals surface area contributed by atoms with Gasteiger partial charge in [-0.1, -0.05) is 0 Å². The van der Waals surface area contributed by atoms with E-state index in [0.29, 0.717) is 16.8 Å². The number of H-pyrrole nitrogens is 1. The number of hydrogen-bond donors (Lipinski definition) is 3. The molecule has 0 aliphatic rings. The maximum absolute atomic E-state index is 10.9. The maximum atomic E-state index is 10.9. The van der Waals surface area contributed by atoms with Gasteiger partial charge < -0.3 is 14.6 Å². The molecule has 2 heterocycles. The van der Waals surface area contributed by atoms with Crippen molar-refractivity contribution in [1.29, 1.82) is 0 Å². The van der Waals surface area contributed by atoms with Crippen LogP contribution in [0.4, 0.5) is 10.6 Å². The van der Waals surface area contributed by atoms with Crippen LogP contribution in [0.2, 0.25) is 0 Å². The quantitative estimate of drug-likeness (QED) is 0.682. The smallest absolute Gasteiger partial charge is 0.410 e. The van der Waals surface area contributed by atoms with Crippen LogP contribution in [-0.4, -0.2) is 51.9 Å². The van der Waals surface area contributed by atoms with Gasteiger partial charge in [-0.2, -0.15) is 5.10 Å². The van der Waals surface area contributed by atoms with E-state index in [-0.39, 0.29) is 12.2 Å². The Morgan fingerprint density at radius 1 is 1.43 bits per heavy atom. The van der Waals surface area contributed by atoms with Crippen LogP contribution in [0.1, 0.15) is 5.56 Å². The van der Waals surface area contributed by atoms with Gasteiger partial charge in [0.1, 0.15) is 12.1 Å². The van der Waals surface area contributed by atoms with E-state index in [9.17, 15) is 4.79 Å². The van der Waals surface area contributed by atoms with Crippen LogP contribution in [-0.2, 0) is 15.9 Å². The highest BCUT2D eigenvalue weighted by Crippen LogP contribution is 2.26. The summed E-state index contributed by atoms with van der Waals surface area (Å²) in [5, 5.41) is 17.7. The molecule has 0 radical (unpaired) electrons. The minimum Gasteiger partial charge on any atom is -0.465 e. The monoisotopic (exact) mass is 293 g/mol. The molecular formula is C12H15N5O4. The highest BCUT2D eigenvalue weighted by molar-refractivity contribution is 5.84. The van der Waals surface area contributed by atoms with E-state index >= 15 is 0 Å². The van der Waals surface area contributed by atoms with Gasteiger partial charge >= 0.3 is 6.09 Å². The Hall–Kier alpha value is -2.52. The van der Waals surface area contributed by atoms with Gasteiger partial charge in [0.25, 0.3) is 0 Å². The summed E-state index contributed by atoms with van der Waals surface area (Å²) >= 11 is 0. The number of anilines is 1. The molecule has 0 aliphatic carbocycles. The lowest BCUT2D eigenvalue weighted by molar-refractivity contribution is -0.100. The van der Waals surface area contributed by atoms with E-state index in [1.54, 1.807) is 12.4 Å². The summed E-state index contributed by atoms with van der Waals surface area (Å²) in [6.07, 6.45) is 3.06. The van der Waals surface area contributed by atoms with Crippen molar-refractivity contribution in [2.45, 2.75) is 12.7 Å². The molecule has 1 amide bonds. The van der Waals surface area contributed by atoms with Gasteiger partial charge in [-0.15, -0.1) is 0 Å². The molecule has 0 aliphatic heterocycles. The molecule has 2 rings (SSSR count). The number of amides is 1. The summed E-state index contributed by atoms with van der Waals surface area (Å²) in [4.78, 5) is 19.1. The molecule has 0 saturated heterocycles. The first kappa shape index (κ1) is 14.9. The fraction of sp³-hybridized carbons (Fsp3) is 0.333. The fourth-order valence-corrected chi connectivity index (χ4v) is 1.87. The summed E-state index contributed by atoms with van der Waals surface area (Å²) in [5.41, 5.74) is 1.84. The number of carboxylic acid groups (broad SMARTS) is 1. The minimum absolute atomic E-state index is 0.188. The second kappa shape index (κ2) is 6.77. The molecule has 0 spiro atoms. The van der Waals surface area contributed by atoms with Gasteiger partial charge in [0, 0.05) is 38.0 Å². The number of rotatable bonds is 6. The number of nitrogens with zero attached hydrogens (tertiary/aromatic N) is 3. The second-order valence-electron chi connectivity index (χ2n) is 4.07. The Bertz CT molecular complexity index is 598. The van der Waals surface area contributed by atoms with Crippen molar-refractivity contribution in [2.24, 2.45) is 0 Å². The van der Waals surface area contributed by atoms with Crippen molar-refractivity contribution >= 4 is 11.9 Å². The summed E-state index contributed by atoms with van der Waals surface area (Å²) in [7, 11) is 3.00. The Morgan fingerprint density at radius 3 is 2.76 bits per heavy atom. The first-order chi connectivity index (χ1) is 10.2. The first-order valence-electron chi connectivity index (χ1n) is 6.04. The SMILES string of the molecule is COC(Cc1c(NC(=O)O)ncnc1-c1cn[nH]c1)OC. The predicted octanol–water partition coefficient (Wildman–Crippen LogP) is 1.12. The van der Waals surface area contributed by atoms with Crippen LogP contribution in [0.25, 0.3) is 11.3 Å². The molecule has 0 saturated carbocycles. The van der Waals surface area contributed by atoms with Crippen LogP contribution in [0, 0.1) is 0 Å². The van der Waals surface area contributed by atoms with Crippen LogP contribution >= 0.6 is 0 Å². The van der Waals surface area contributed by atoms with E-state index in [2.05, 4.69) is 25.5 Å². The van der Waals surface area contributed by atoms with Gasteiger partial charge in [-0.05, 0) is 0 Å². The first-order valence-corrected chi connectivity index (χ1v) is 6.04. The molecule has 9 heteroatoms. The van der Waals surface area contributed by atoms with E-state index in [1.165, 1.54) is 20.5 Å². The summed E-state index contributed by atoms with van der Waals surface area (Å²) in [6, 6.07) is 0. The number of ether oxygens (including phenoxy) is 2. The molecule has 0 atom stereocenters. The summed E-state index contributed by atoms with van der Waals surface area (Å²) < 4.78 is 10.3. The molecular weight excluding hydrogens is 278 g/mol. The third-order valence-electron chi connectivity index (χ3n) is 2.84. The zero-order valence-electron chi connectivity index (χ0n) is 11.5. The largest absolute Gasteiger partial charge is 0.465 e. The molecule has 2 aromatic rings. The van der Waals surface area contributed by atoms with Crippen LogP contribution in [0.5, 0.6) is 0 Å². The summed E-state index contributed by atoms with van der Waals surface area (Å²) in [6.45, 7) is 0. The zero-order chi connectivity index (χ0) is 15.2. The van der Waals surface area contributed by atoms with Crippen LogP contribution < -0.4 is 5.32 Å². The van der Waals surface area contributed by atoms with Gasteiger partial charge in [0.15, 0.2) is 6.29 Å². The number of aromatic nitrogens is 4. The van der Waals surface area contributed by atoms with Crippen molar-refractivity contribution in [3.05, 3.63) is 24.3 Å². The zero-order valence-corrected chi connectivity index (χ0v) is 11.5. The average molecular weight is 293 g/mol. The lowest BCUT2D eigenvalue weighted by Crippen LogP contribution is -2.20. The molecule has 21 heavy (non-hydrogen) atoms. The highest BCUT2D eigenvalue weighted by atomic mass is 16.7. The standard InChI is InChI=1S/C12H15N5O4/c1-20-9(21-2)3-8-10(7-4-15-16-5-7)13-6-14-11(8)17-12(18)19/h4-6,9H,3H2,1-2H3,(H,15,16)(H,18,19)(H,13,14,17). The number of carbonyl (C=O) groups is 1. The maximum Gasteiger partial charge on any atom is 0.410 e. The van der Waals surface area contributed by atoms with Gasteiger partial charge in [-0.3, -0.25) is 10.4 Å². The predicted molar refractivity (Wildman–Crippen MR) is 72.8 cm³/mol. The van der Waals surface area contributed by atoms with Crippen LogP contribution in [0.3, 0.4) is 0 Å². The van der Waals surface area contributed by atoms with E-state index < -0.39 is 12.4 Å². The lowest BCUT2D eigenvalue weighted by atomic mass is 10.1. The molecule has 3 N–H and O–H groups in total. The topological polar surface area (TPSA) is 122 Å². The minimum atomic E-state index is -1.21. The van der Waals surface area contributed by atoms with Crippen molar-refractivity contribution < 1.29 is 19.4 Å². The van der Waals surface area contributed by atoms with Gasteiger partial charge in [0.05, 0.1) is 11.9 Å². The third-order valence-corrected chi connectivity index (χ3v) is 2.84. The summed E-state index contributed by atoms with van der Waals surface area (Å²) in [5.74, 6) is 0.188. The molecule has 0 bridgehead atoms. The Balaban J connectivity index is 2.46. The Labute approximate surface area is 120 Å². The molecule has 112 valence electrons.